The molecule has 2 atom stereocenters. The van der Waals surface area contributed by atoms with Crippen LogP contribution < -0.4 is 16.6 Å². The quantitative estimate of drug-likeness (QED) is 0.566. The summed E-state index contributed by atoms with van der Waals surface area (Å²) < 4.78 is 5.65. The number of nitrogens with one attached hydrogen (secondary N) is 2. The highest BCUT2D eigenvalue weighted by Gasteiger charge is 2.37. The van der Waals surface area contributed by atoms with Gasteiger partial charge in [0.15, 0.2) is 0 Å². The van der Waals surface area contributed by atoms with Gasteiger partial charge < -0.3 is 15.5 Å². The summed E-state index contributed by atoms with van der Waals surface area (Å²) in [5.74, 6) is 7.80. The fourth-order valence-electron chi connectivity index (χ4n) is 2.25. The maximum Gasteiger partial charge on any atom is 0.148 e. The van der Waals surface area contributed by atoms with Gasteiger partial charge in [0, 0.05) is 18.6 Å². The molecule has 2 heterocycles. The molecular weight excluding hydrogens is 242 g/mol. The summed E-state index contributed by atoms with van der Waals surface area (Å²) in [5, 5.41) is 3.51. The second-order valence-electron chi connectivity index (χ2n) is 5.27. The molecule has 0 radical (unpaired) electrons. The van der Waals surface area contributed by atoms with E-state index in [1.54, 1.807) is 0 Å². The predicted molar refractivity (Wildman–Crippen MR) is 76.0 cm³/mol. The Morgan fingerprint density at radius 2 is 2.11 bits per heavy atom. The zero-order valence-corrected chi connectivity index (χ0v) is 12.1. The minimum atomic E-state index is -0.101. The third kappa shape index (κ3) is 2.64. The highest BCUT2D eigenvalue weighted by Crippen LogP contribution is 2.31. The molecule has 6 nitrogen and oxygen atoms in total. The minimum absolute atomic E-state index is 0.101. The van der Waals surface area contributed by atoms with Gasteiger partial charge in [0.2, 0.25) is 0 Å². The third-order valence-corrected chi connectivity index (χ3v) is 3.94. The lowest BCUT2D eigenvalue weighted by Crippen LogP contribution is -2.41. The summed E-state index contributed by atoms with van der Waals surface area (Å²) in [6.07, 6.45) is 1.89. The van der Waals surface area contributed by atoms with Crippen LogP contribution in [-0.4, -0.2) is 28.2 Å². The van der Waals surface area contributed by atoms with Crippen molar-refractivity contribution in [2.75, 3.05) is 17.3 Å². The largest absolute Gasteiger partial charge is 0.376 e. The number of nitrogens with two attached hydrogens (primary N) is 1. The second-order valence-corrected chi connectivity index (χ2v) is 5.27. The van der Waals surface area contributed by atoms with Gasteiger partial charge in [0.25, 0.3) is 0 Å². The SMILES string of the molecule is CCc1nc(NN)c(C)c(NC2(C)CCOC2C)n1. The second kappa shape index (κ2) is 5.30. The van der Waals surface area contributed by atoms with Crippen LogP contribution in [0.2, 0.25) is 0 Å². The van der Waals surface area contributed by atoms with Gasteiger partial charge in [-0.15, -0.1) is 0 Å². The monoisotopic (exact) mass is 265 g/mol. The van der Waals surface area contributed by atoms with Gasteiger partial charge in [0.05, 0.1) is 11.6 Å². The summed E-state index contributed by atoms with van der Waals surface area (Å²) in [6.45, 7) is 9.00. The molecule has 1 aromatic heterocycles. The summed E-state index contributed by atoms with van der Waals surface area (Å²) in [6, 6.07) is 0. The smallest absolute Gasteiger partial charge is 0.148 e. The molecule has 1 aromatic rings. The molecule has 0 saturated carbocycles. The van der Waals surface area contributed by atoms with Crippen molar-refractivity contribution in [3.63, 3.8) is 0 Å². The van der Waals surface area contributed by atoms with Crippen LogP contribution >= 0.6 is 0 Å². The molecule has 2 unspecified atom stereocenters. The van der Waals surface area contributed by atoms with Gasteiger partial charge in [-0.3, -0.25) is 0 Å². The van der Waals surface area contributed by atoms with E-state index < -0.39 is 0 Å². The van der Waals surface area contributed by atoms with Gasteiger partial charge in [-0.1, -0.05) is 6.92 Å². The Balaban J connectivity index is 2.33. The van der Waals surface area contributed by atoms with Gasteiger partial charge in [-0.2, -0.15) is 0 Å². The number of hydrogen-bond donors (Lipinski definition) is 3. The lowest BCUT2D eigenvalue weighted by molar-refractivity contribution is 0.105. The summed E-state index contributed by atoms with van der Waals surface area (Å²) in [4.78, 5) is 8.94. The van der Waals surface area contributed by atoms with E-state index in [0.717, 1.165) is 36.7 Å². The van der Waals surface area contributed by atoms with Gasteiger partial charge in [-0.25, -0.2) is 15.8 Å². The maximum atomic E-state index is 5.65. The fourth-order valence-corrected chi connectivity index (χ4v) is 2.25. The first-order valence-electron chi connectivity index (χ1n) is 6.74. The molecule has 2 rings (SSSR count). The van der Waals surface area contributed by atoms with Crippen molar-refractivity contribution < 1.29 is 4.74 Å². The molecule has 0 aromatic carbocycles. The number of rotatable bonds is 4. The molecule has 19 heavy (non-hydrogen) atoms. The first-order chi connectivity index (χ1) is 9.00. The van der Waals surface area contributed by atoms with E-state index >= 15 is 0 Å². The van der Waals surface area contributed by atoms with E-state index in [-0.39, 0.29) is 11.6 Å². The predicted octanol–water partition coefficient (Wildman–Crippen LogP) is 1.61. The number of hydrazine groups is 1. The van der Waals surface area contributed by atoms with Crippen LogP contribution in [0.3, 0.4) is 0 Å². The normalized spacial score (nSPS) is 26.5. The zero-order chi connectivity index (χ0) is 14.0. The molecule has 0 aliphatic carbocycles. The average molecular weight is 265 g/mol. The van der Waals surface area contributed by atoms with Gasteiger partial charge >= 0.3 is 0 Å². The number of hydrogen-bond acceptors (Lipinski definition) is 6. The average Bonchev–Trinajstić information content (AvgIpc) is 2.72. The van der Waals surface area contributed by atoms with Crippen LogP contribution in [0.1, 0.15) is 38.6 Å². The lowest BCUT2D eigenvalue weighted by Gasteiger charge is -2.30. The third-order valence-electron chi connectivity index (χ3n) is 3.94. The van der Waals surface area contributed by atoms with Crippen LogP contribution in [0.15, 0.2) is 0 Å². The van der Waals surface area contributed by atoms with Crippen LogP contribution in [0.4, 0.5) is 11.6 Å². The fraction of sp³-hybridized carbons (Fsp3) is 0.692. The van der Waals surface area contributed by atoms with Crippen molar-refractivity contribution >= 4 is 11.6 Å². The Labute approximate surface area is 114 Å². The number of aryl methyl sites for hydroxylation is 1. The maximum absolute atomic E-state index is 5.65. The Morgan fingerprint density at radius 1 is 1.42 bits per heavy atom. The number of ether oxygens (including phenoxy) is 1. The van der Waals surface area contributed by atoms with E-state index in [1.807, 2.05) is 13.8 Å². The van der Waals surface area contributed by atoms with E-state index in [1.165, 1.54) is 0 Å². The molecule has 1 aliphatic rings. The molecule has 1 saturated heterocycles. The van der Waals surface area contributed by atoms with Crippen molar-refractivity contribution in [3.8, 4) is 0 Å². The molecule has 0 amide bonds. The Hall–Kier alpha value is -1.40. The van der Waals surface area contributed by atoms with Crippen molar-refractivity contribution in [2.24, 2.45) is 5.84 Å². The van der Waals surface area contributed by atoms with Crippen LogP contribution in [0, 0.1) is 6.92 Å². The highest BCUT2D eigenvalue weighted by atomic mass is 16.5. The molecule has 1 fully saturated rings. The zero-order valence-electron chi connectivity index (χ0n) is 12.1. The Kier molecular flexibility index (Phi) is 3.91. The van der Waals surface area contributed by atoms with Crippen molar-refractivity contribution in [2.45, 2.75) is 52.2 Å². The molecule has 4 N–H and O–H groups in total. The number of aromatic nitrogens is 2. The highest BCUT2D eigenvalue weighted by molar-refractivity contribution is 5.58. The molecule has 6 heteroatoms. The molecule has 0 spiro atoms. The first-order valence-corrected chi connectivity index (χ1v) is 6.74. The number of anilines is 2. The molecule has 1 aliphatic heterocycles. The molecule has 106 valence electrons. The summed E-state index contributed by atoms with van der Waals surface area (Å²) in [5.41, 5.74) is 3.47. The van der Waals surface area contributed by atoms with Crippen molar-refractivity contribution in [1.29, 1.82) is 0 Å². The van der Waals surface area contributed by atoms with Crippen molar-refractivity contribution in [3.05, 3.63) is 11.4 Å². The molecule has 0 bridgehead atoms. The standard InChI is InChI=1S/C13H23N5O/c1-5-10-15-11(8(2)12(16-10)18-14)17-13(4)6-7-19-9(13)3/h9H,5-7,14H2,1-4H3,(H2,15,16,17,18). The number of nitrogen functional groups attached to an aromatic ring is 1. The van der Waals surface area contributed by atoms with Crippen LogP contribution in [-0.2, 0) is 11.2 Å². The van der Waals surface area contributed by atoms with Gasteiger partial charge in [0.1, 0.15) is 17.5 Å². The number of nitrogens with zero attached hydrogens (tertiary/aromatic N) is 2. The van der Waals surface area contributed by atoms with Crippen LogP contribution in [0.25, 0.3) is 0 Å². The summed E-state index contributed by atoms with van der Waals surface area (Å²) in [7, 11) is 0. The summed E-state index contributed by atoms with van der Waals surface area (Å²) >= 11 is 0. The topological polar surface area (TPSA) is 85.1 Å². The Bertz CT molecular complexity index is 465. The van der Waals surface area contributed by atoms with E-state index in [4.69, 9.17) is 10.6 Å². The van der Waals surface area contributed by atoms with Gasteiger partial charge in [-0.05, 0) is 27.2 Å². The lowest BCUT2D eigenvalue weighted by atomic mass is 9.94. The molecular formula is C13H23N5O. The van der Waals surface area contributed by atoms with E-state index in [0.29, 0.717) is 5.82 Å². The first kappa shape index (κ1) is 14.0. The van der Waals surface area contributed by atoms with E-state index in [9.17, 15) is 0 Å². The van der Waals surface area contributed by atoms with Crippen LogP contribution in [0.5, 0.6) is 0 Å². The Morgan fingerprint density at radius 3 is 2.63 bits per heavy atom. The van der Waals surface area contributed by atoms with Crippen molar-refractivity contribution in [1.82, 2.24) is 9.97 Å². The van der Waals surface area contributed by atoms with E-state index in [2.05, 4.69) is 34.6 Å². The minimum Gasteiger partial charge on any atom is -0.376 e.